The summed E-state index contributed by atoms with van der Waals surface area (Å²) in [5.74, 6) is 0. The SMILES string of the molecule is C1CNCC[N-]1.Cc1ccccc1[NH-].[Y]. The number of rotatable bonds is 0. The summed E-state index contributed by atoms with van der Waals surface area (Å²) in [6, 6.07) is 7.53. The zero-order valence-electron chi connectivity index (χ0n) is 9.16. The van der Waals surface area contributed by atoms with E-state index in [-0.39, 0.29) is 32.7 Å². The third-order valence-electron chi connectivity index (χ3n) is 2.04. The molecule has 0 amide bonds. The molecule has 1 aliphatic heterocycles. The summed E-state index contributed by atoms with van der Waals surface area (Å²) in [6.45, 7) is 6.13. The van der Waals surface area contributed by atoms with Crippen molar-refractivity contribution < 1.29 is 32.7 Å². The standard InChI is InChI=1S/C7H8N.C4H9N2.Y/c1-6-4-2-3-5-7(6)8;1-2-6-4-3-5-1;/h2-5,8H,1H3;5H,1-4H2;/q2*-1;. The van der Waals surface area contributed by atoms with E-state index < -0.39 is 0 Å². The van der Waals surface area contributed by atoms with Crippen LogP contribution in [-0.2, 0) is 32.7 Å². The average Bonchev–Trinajstić information content (AvgIpc) is 2.26. The Labute approximate surface area is 117 Å². The Kier molecular flexibility index (Phi) is 9.31. The van der Waals surface area contributed by atoms with Crippen LogP contribution in [0.25, 0.3) is 11.1 Å². The van der Waals surface area contributed by atoms with Crippen LogP contribution >= 0.6 is 0 Å². The van der Waals surface area contributed by atoms with Gasteiger partial charge in [0.25, 0.3) is 0 Å². The van der Waals surface area contributed by atoms with Gasteiger partial charge in [0.15, 0.2) is 0 Å². The van der Waals surface area contributed by atoms with Crippen molar-refractivity contribution in [2.24, 2.45) is 0 Å². The van der Waals surface area contributed by atoms with Crippen LogP contribution in [0.1, 0.15) is 5.56 Å². The molecule has 1 radical (unpaired) electrons. The molecular formula is C11H17N3Y-2. The molecule has 3 nitrogen and oxygen atoms in total. The maximum absolute atomic E-state index is 7.22. The smallest absolute Gasteiger partial charge is 0 e. The minimum Gasteiger partial charge on any atom is -0.699 e. The summed E-state index contributed by atoms with van der Waals surface area (Å²) in [7, 11) is 0. The quantitative estimate of drug-likeness (QED) is 0.780. The molecule has 4 heteroatoms. The average molecular weight is 280 g/mol. The molecule has 0 bridgehead atoms. The summed E-state index contributed by atoms with van der Waals surface area (Å²) in [6.07, 6.45) is 0. The van der Waals surface area contributed by atoms with Gasteiger partial charge in [0.05, 0.1) is 0 Å². The van der Waals surface area contributed by atoms with Crippen LogP contribution in [0.2, 0.25) is 0 Å². The van der Waals surface area contributed by atoms with Crippen molar-refractivity contribution in [3.63, 3.8) is 0 Å². The first kappa shape index (κ1) is 15.0. The Morgan fingerprint density at radius 2 is 1.80 bits per heavy atom. The van der Waals surface area contributed by atoms with Gasteiger partial charge in [-0.15, -0.1) is 18.8 Å². The van der Waals surface area contributed by atoms with Crippen molar-refractivity contribution in [3.05, 3.63) is 40.9 Å². The third-order valence-corrected chi connectivity index (χ3v) is 2.04. The van der Waals surface area contributed by atoms with E-state index in [9.17, 15) is 0 Å². The van der Waals surface area contributed by atoms with Gasteiger partial charge in [-0.1, -0.05) is 29.8 Å². The fraction of sp³-hybridized carbons (Fsp3) is 0.455. The molecule has 1 saturated heterocycles. The van der Waals surface area contributed by atoms with E-state index in [1.165, 1.54) is 0 Å². The predicted molar refractivity (Wildman–Crippen MR) is 61.1 cm³/mol. The van der Waals surface area contributed by atoms with Crippen molar-refractivity contribution >= 4 is 5.69 Å². The first-order valence-corrected chi connectivity index (χ1v) is 4.92. The van der Waals surface area contributed by atoms with E-state index in [4.69, 9.17) is 5.73 Å². The van der Waals surface area contributed by atoms with E-state index in [0.717, 1.165) is 31.7 Å². The number of hydrogen-bond acceptors (Lipinski definition) is 1. The molecule has 0 aromatic heterocycles. The largest absolute Gasteiger partial charge is 0.699 e. The molecule has 1 aliphatic rings. The molecule has 2 N–H and O–H groups in total. The Morgan fingerprint density at radius 1 is 1.20 bits per heavy atom. The summed E-state index contributed by atoms with van der Waals surface area (Å²) in [4.78, 5) is 0. The molecule has 2 rings (SSSR count). The maximum Gasteiger partial charge on any atom is 0 e. The zero-order valence-corrected chi connectivity index (χ0v) is 12.0. The maximum atomic E-state index is 7.22. The van der Waals surface area contributed by atoms with Crippen LogP contribution in [0.3, 0.4) is 0 Å². The van der Waals surface area contributed by atoms with Crippen LogP contribution in [-0.4, -0.2) is 26.2 Å². The van der Waals surface area contributed by atoms with Crippen LogP contribution in [0.5, 0.6) is 0 Å². The molecular weight excluding hydrogens is 263 g/mol. The summed E-state index contributed by atoms with van der Waals surface area (Å²) >= 11 is 0. The fourth-order valence-electron chi connectivity index (χ4n) is 1.13. The summed E-state index contributed by atoms with van der Waals surface area (Å²) in [5.41, 5.74) is 8.87. The Bertz CT molecular complexity index is 229. The number of aryl methyl sites for hydroxylation is 1. The topological polar surface area (TPSA) is 49.9 Å². The number of hydrogen-bond donors (Lipinski definition) is 1. The molecule has 81 valence electrons. The van der Waals surface area contributed by atoms with Crippen molar-refractivity contribution in [2.45, 2.75) is 6.92 Å². The van der Waals surface area contributed by atoms with E-state index >= 15 is 0 Å². The van der Waals surface area contributed by atoms with E-state index in [2.05, 4.69) is 10.6 Å². The van der Waals surface area contributed by atoms with Gasteiger partial charge in [0.1, 0.15) is 0 Å². The molecule has 15 heavy (non-hydrogen) atoms. The Hall–Kier alpha value is 0.0439. The second-order valence-corrected chi connectivity index (χ2v) is 3.24. The normalized spacial score (nSPS) is 14.5. The van der Waals surface area contributed by atoms with Gasteiger partial charge < -0.3 is 16.4 Å². The zero-order chi connectivity index (χ0) is 10.2. The van der Waals surface area contributed by atoms with Gasteiger partial charge in [0.2, 0.25) is 0 Å². The minimum atomic E-state index is 0. The molecule has 0 atom stereocenters. The fourth-order valence-corrected chi connectivity index (χ4v) is 1.13. The Morgan fingerprint density at radius 3 is 2.07 bits per heavy atom. The summed E-state index contributed by atoms with van der Waals surface area (Å²) in [5, 5.41) is 7.31. The van der Waals surface area contributed by atoms with E-state index in [1.807, 2.05) is 25.1 Å². The van der Waals surface area contributed by atoms with Gasteiger partial charge in [-0.05, 0) is 20.0 Å². The van der Waals surface area contributed by atoms with E-state index in [0.29, 0.717) is 5.69 Å². The molecule has 1 fully saturated rings. The first-order valence-electron chi connectivity index (χ1n) is 4.92. The van der Waals surface area contributed by atoms with E-state index in [1.54, 1.807) is 6.07 Å². The molecule has 1 aromatic rings. The van der Waals surface area contributed by atoms with Crippen LogP contribution < -0.4 is 5.32 Å². The third kappa shape index (κ3) is 7.01. The first-order chi connectivity index (χ1) is 6.80. The van der Waals surface area contributed by atoms with Crippen molar-refractivity contribution in [3.8, 4) is 0 Å². The number of nitrogens with zero attached hydrogens (tertiary/aromatic N) is 1. The predicted octanol–water partition coefficient (Wildman–Crippen LogP) is 2.64. The second kappa shape index (κ2) is 9.28. The minimum absolute atomic E-state index is 0. The molecule has 1 aromatic carbocycles. The Balaban J connectivity index is 0.000000253. The molecule has 0 saturated carbocycles. The van der Waals surface area contributed by atoms with Crippen LogP contribution in [0.4, 0.5) is 5.69 Å². The van der Waals surface area contributed by atoms with Gasteiger partial charge in [0, 0.05) is 32.7 Å². The van der Waals surface area contributed by atoms with Gasteiger partial charge in [-0.3, -0.25) is 0 Å². The number of benzene rings is 1. The van der Waals surface area contributed by atoms with Crippen molar-refractivity contribution in [2.75, 3.05) is 26.2 Å². The number of piperazine rings is 1. The monoisotopic (exact) mass is 280 g/mol. The molecule has 0 spiro atoms. The van der Waals surface area contributed by atoms with Gasteiger partial charge in [-0.25, -0.2) is 0 Å². The number of nitrogens with one attached hydrogen (secondary N) is 2. The van der Waals surface area contributed by atoms with Gasteiger partial charge in [-0.2, -0.15) is 0 Å². The van der Waals surface area contributed by atoms with Crippen molar-refractivity contribution in [1.82, 2.24) is 5.32 Å². The molecule has 0 aliphatic carbocycles. The second-order valence-electron chi connectivity index (χ2n) is 3.24. The van der Waals surface area contributed by atoms with Gasteiger partial charge >= 0.3 is 0 Å². The van der Waals surface area contributed by atoms with Crippen LogP contribution in [0.15, 0.2) is 24.3 Å². The molecule has 1 heterocycles. The molecule has 0 unspecified atom stereocenters. The van der Waals surface area contributed by atoms with Crippen LogP contribution in [0, 0.1) is 6.92 Å². The van der Waals surface area contributed by atoms with Crippen molar-refractivity contribution in [1.29, 1.82) is 0 Å². The summed E-state index contributed by atoms with van der Waals surface area (Å²) < 4.78 is 0.